The predicted molar refractivity (Wildman–Crippen MR) is 111 cm³/mol. The maximum atomic E-state index is 13.4. The summed E-state index contributed by atoms with van der Waals surface area (Å²) in [4.78, 5) is 13.4. The molecule has 0 bridgehead atoms. The first kappa shape index (κ1) is 19.3. The number of benzene rings is 2. The number of imidazole rings is 1. The van der Waals surface area contributed by atoms with Gasteiger partial charge in [-0.05, 0) is 68.0 Å². The first-order chi connectivity index (χ1) is 14.0. The summed E-state index contributed by atoms with van der Waals surface area (Å²) in [6.07, 6.45) is 2.70. The van der Waals surface area contributed by atoms with Gasteiger partial charge in [0.1, 0.15) is 5.75 Å². The van der Waals surface area contributed by atoms with E-state index in [0.717, 1.165) is 40.8 Å². The maximum Gasteiger partial charge on any atom is 0.329 e. The summed E-state index contributed by atoms with van der Waals surface area (Å²) >= 11 is 0. The number of nitrogens with zero attached hydrogens (tertiary/aromatic N) is 3. The van der Waals surface area contributed by atoms with Gasteiger partial charge in [0.15, 0.2) is 0 Å². The van der Waals surface area contributed by atoms with E-state index in [1.165, 1.54) is 0 Å². The summed E-state index contributed by atoms with van der Waals surface area (Å²) in [5, 5.41) is 19.2. The molecule has 0 saturated heterocycles. The average Bonchev–Trinajstić information content (AvgIpc) is 3.00. The quantitative estimate of drug-likeness (QED) is 0.738. The lowest BCUT2D eigenvalue weighted by Gasteiger charge is -2.26. The number of aliphatic hydroxyl groups is 1. The van der Waals surface area contributed by atoms with Crippen molar-refractivity contribution in [2.24, 2.45) is 0 Å². The van der Waals surface area contributed by atoms with Crippen LogP contribution < -0.4 is 10.4 Å². The molecule has 6 nitrogen and oxygen atoms in total. The topological polar surface area (TPSA) is 80.2 Å². The van der Waals surface area contributed by atoms with Crippen LogP contribution in [0.3, 0.4) is 0 Å². The fourth-order valence-electron chi connectivity index (χ4n) is 4.39. The zero-order valence-electron chi connectivity index (χ0n) is 16.8. The fraction of sp³-hybridized carbons (Fsp3) is 0.391. The van der Waals surface area contributed by atoms with Gasteiger partial charge in [-0.15, -0.1) is 0 Å². The van der Waals surface area contributed by atoms with Gasteiger partial charge in [0.2, 0.25) is 0 Å². The monoisotopic (exact) mass is 391 g/mol. The molecule has 1 N–H and O–H groups in total. The molecule has 0 atom stereocenters. The Morgan fingerprint density at radius 2 is 1.90 bits per heavy atom. The molecule has 1 saturated carbocycles. The molecule has 0 radical (unpaired) electrons. The zero-order chi connectivity index (χ0) is 20.5. The van der Waals surface area contributed by atoms with E-state index in [1.54, 1.807) is 23.8 Å². The third kappa shape index (κ3) is 3.54. The van der Waals surface area contributed by atoms with Crippen molar-refractivity contribution in [3.63, 3.8) is 0 Å². The summed E-state index contributed by atoms with van der Waals surface area (Å²) in [6.45, 7) is 2.41. The van der Waals surface area contributed by atoms with Crippen LogP contribution in [-0.2, 0) is 6.54 Å². The Balaban J connectivity index is 1.82. The molecule has 29 heavy (non-hydrogen) atoms. The van der Waals surface area contributed by atoms with Crippen LogP contribution >= 0.6 is 0 Å². The minimum absolute atomic E-state index is 0.0649. The van der Waals surface area contributed by atoms with Crippen molar-refractivity contribution < 1.29 is 9.84 Å². The highest BCUT2D eigenvalue weighted by atomic mass is 16.5. The van der Waals surface area contributed by atoms with Gasteiger partial charge < -0.3 is 9.84 Å². The van der Waals surface area contributed by atoms with Gasteiger partial charge in [0.05, 0.1) is 42.4 Å². The van der Waals surface area contributed by atoms with E-state index in [4.69, 9.17) is 4.74 Å². The lowest BCUT2D eigenvalue weighted by molar-refractivity contribution is 0.110. The molecule has 0 aliphatic heterocycles. The minimum Gasteiger partial charge on any atom is -0.496 e. The number of nitriles is 1. The van der Waals surface area contributed by atoms with E-state index >= 15 is 0 Å². The van der Waals surface area contributed by atoms with Crippen LogP contribution in [0.5, 0.6) is 5.75 Å². The van der Waals surface area contributed by atoms with Crippen molar-refractivity contribution in [1.82, 2.24) is 9.13 Å². The van der Waals surface area contributed by atoms with Crippen molar-refractivity contribution in [3.05, 3.63) is 63.6 Å². The molecule has 0 spiro atoms. The van der Waals surface area contributed by atoms with Gasteiger partial charge >= 0.3 is 5.69 Å². The number of fused-ring (bicyclic) bond motifs is 1. The molecule has 150 valence electrons. The summed E-state index contributed by atoms with van der Waals surface area (Å²) in [6, 6.07) is 13.6. The second-order valence-electron chi connectivity index (χ2n) is 7.82. The molecule has 4 rings (SSSR count). The largest absolute Gasteiger partial charge is 0.496 e. The van der Waals surface area contributed by atoms with E-state index in [-0.39, 0.29) is 17.8 Å². The number of methoxy groups -OCH3 is 1. The third-order valence-electron chi connectivity index (χ3n) is 5.92. The highest BCUT2D eigenvalue weighted by molar-refractivity contribution is 5.78. The number of hydrogen-bond donors (Lipinski definition) is 1. The Hall–Kier alpha value is -3.04. The van der Waals surface area contributed by atoms with Crippen LogP contribution in [0.4, 0.5) is 0 Å². The molecule has 2 aromatic carbocycles. The molecule has 6 heteroatoms. The van der Waals surface area contributed by atoms with E-state index in [1.807, 2.05) is 35.8 Å². The van der Waals surface area contributed by atoms with E-state index in [9.17, 15) is 15.2 Å². The highest BCUT2D eigenvalue weighted by Gasteiger charge is 2.25. The van der Waals surface area contributed by atoms with E-state index in [0.29, 0.717) is 24.9 Å². The van der Waals surface area contributed by atoms with Crippen molar-refractivity contribution in [1.29, 1.82) is 5.26 Å². The Kier molecular flexibility index (Phi) is 5.16. The molecule has 1 fully saturated rings. The standard InChI is InChI=1S/C23H25N3O3/c1-15-11-17(4-10-22(15)29-2)14-25-21-12-16(13-24)3-9-20(21)26(23(25)28)18-5-7-19(27)8-6-18/h3-4,9-12,18-19,27H,5-8,14H2,1-2H3/t18-,19-. The number of aromatic nitrogens is 2. The predicted octanol–water partition coefficient (Wildman–Crippen LogP) is 3.52. The Morgan fingerprint density at radius 1 is 1.14 bits per heavy atom. The smallest absolute Gasteiger partial charge is 0.329 e. The lowest BCUT2D eigenvalue weighted by atomic mass is 9.93. The summed E-state index contributed by atoms with van der Waals surface area (Å²) in [7, 11) is 1.64. The Bertz CT molecular complexity index is 1140. The third-order valence-corrected chi connectivity index (χ3v) is 5.92. The van der Waals surface area contributed by atoms with Gasteiger partial charge in [-0.3, -0.25) is 9.13 Å². The van der Waals surface area contributed by atoms with Crippen LogP contribution in [-0.4, -0.2) is 27.5 Å². The molecular weight excluding hydrogens is 366 g/mol. The number of hydrogen-bond acceptors (Lipinski definition) is 4. The van der Waals surface area contributed by atoms with Crippen LogP contribution in [0.1, 0.15) is 48.4 Å². The van der Waals surface area contributed by atoms with Gasteiger partial charge in [0, 0.05) is 6.04 Å². The molecule has 3 aromatic rings. The van der Waals surface area contributed by atoms with Crippen molar-refractivity contribution in [2.75, 3.05) is 7.11 Å². The van der Waals surface area contributed by atoms with Crippen LogP contribution in [0.2, 0.25) is 0 Å². The number of ether oxygens (including phenoxy) is 1. The van der Waals surface area contributed by atoms with Crippen molar-refractivity contribution in [2.45, 2.75) is 51.3 Å². The van der Waals surface area contributed by atoms with E-state index in [2.05, 4.69) is 6.07 Å². The molecule has 1 aliphatic rings. The second kappa shape index (κ2) is 7.76. The van der Waals surface area contributed by atoms with Gasteiger partial charge in [-0.1, -0.05) is 12.1 Å². The average molecular weight is 391 g/mol. The molecular formula is C23H25N3O3. The number of aryl methyl sites for hydroxylation is 1. The SMILES string of the molecule is COc1ccc(Cn2c(=O)n([C@H]3CC[C@H](O)CC3)c3ccc(C#N)cc32)cc1C. The van der Waals surface area contributed by atoms with Gasteiger partial charge in [-0.2, -0.15) is 5.26 Å². The molecule has 1 aliphatic carbocycles. The van der Waals surface area contributed by atoms with Crippen LogP contribution in [0.25, 0.3) is 11.0 Å². The first-order valence-electron chi connectivity index (χ1n) is 9.98. The molecule has 1 heterocycles. The highest BCUT2D eigenvalue weighted by Crippen LogP contribution is 2.31. The first-order valence-corrected chi connectivity index (χ1v) is 9.98. The second-order valence-corrected chi connectivity index (χ2v) is 7.82. The number of rotatable bonds is 4. The molecule has 1 aromatic heterocycles. The minimum atomic E-state index is -0.275. The van der Waals surface area contributed by atoms with Crippen molar-refractivity contribution in [3.8, 4) is 11.8 Å². The van der Waals surface area contributed by atoms with Crippen LogP contribution in [0.15, 0.2) is 41.2 Å². The van der Waals surface area contributed by atoms with Crippen molar-refractivity contribution >= 4 is 11.0 Å². The van der Waals surface area contributed by atoms with E-state index < -0.39 is 0 Å². The van der Waals surface area contributed by atoms with Gasteiger partial charge in [-0.25, -0.2) is 4.79 Å². The Labute approximate surface area is 169 Å². The fourth-order valence-corrected chi connectivity index (χ4v) is 4.39. The summed E-state index contributed by atoms with van der Waals surface area (Å²) in [5.74, 6) is 0.816. The molecule has 0 unspecified atom stereocenters. The van der Waals surface area contributed by atoms with Crippen LogP contribution in [0, 0.1) is 18.3 Å². The lowest BCUT2D eigenvalue weighted by Crippen LogP contribution is -2.31. The molecule has 0 amide bonds. The zero-order valence-corrected chi connectivity index (χ0v) is 16.8. The summed E-state index contributed by atoms with van der Waals surface area (Å²) < 4.78 is 8.95. The maximum absolute atomic E-state index is 13.4. The van der Waals surface area contributed by atoms with Gasteiger partial charge in [0.25, 0.3) is 0 Å². The normalized spacial score (nSPS) is 19.2. The summed E-state index contributed by atoms with van der Waals surface area (Å²) in [5.41, 5.74) is 4.11. The number of aliphatic hydroxyl groups excluding tert-OH is 1. The Morgan fingerprint density at radius 3 is 2.55 bits per heavy atom.